The number of aromatic amines is 1. The molecule has 8 heteroatoms. The lowest BCUT2D eigenvalue weighted by Crippen LogP contribution is -2.09. The average molecular weight is 264 g/mol. The highest BCUT2D eigenvalue weighted by Crippen LogP contribution is 2.22. The van der Waals surface area contributed by atoms with Gasteiger partial charge in [-0.15, -0.1) is 0 Å². The van der Waals surface area contributed by atoms with Gasteiger partial charge < -0.3 is 10.3 Å². The number of nitrogens with one attached hydrogen (secondary N) is 2. The molecule has 0 spiro atoms. The zero-order valence-electron chi connectivity index (χ0n) is 9.55. The Bertz CT molecular complexity index is 673. The van der Waals surface area contributed by atoms with Crippen LogP contribution in [0.5, 0.6) is 0 Å². The van der Waals surface area contributed by atoms with Gasteiger partial charge in [-0.25, -0.2) is 4.98 Å². The summed E-state index contributed by atoms with van der Waals surface area (Å²) in [6.45, 7) is 2.42. The third kappa shape index (κ3) is 1.78. The topological polar surface area (TPSA) is 83.8 Å². The van der Waals surface area contributed by atoms with Crippen LogP contribution in [0.2, 0.25) is 5.15 Å². The molecule has 3 aromatic heterocycles. The summed E-state index contributed by atoms with van der Waals surface area (Å²) in [6, 6.07) is 0. The highest BCUT2D eigenvalue weighted by atomic mass is 35.5. The largest absolute Gasteiger partial charge is 0.362 e. The fraction of sp³-hybridized carbons (Fsp3) is 0.200. The number of aromatic nitrogens is 6. The summed E-state index contributed by atoms with van der Waals surface area (Å²) in [6.07, 6.45) is 4.92. The van der Waals surface area contributed by atoms with Gasteiger partial charge in [0.05, 0.1) is 6.54 Å². The number of halogens is 1. The van der Waals surface area contributed by atoms with E-state index in [4.69, 9.17) is 11.6 Å². The highest BCUT2D eigenvalue weighted by molar-refractivity contribution is 6.30. The van der Waals surface area contributed by atoms with Crippen LogP contribution in [0.25, 0.3) is 5.78 Å². The van der Waals surface area contributed by atoms with E-state index in [0.717, 1.165) is 17.2 Å². The van der Waals surface area contributed by atoms with Gasteiger partial charge in [-0.05, 0) is 6.92 Å². The van der Waals surface area contributed by atoms with Crippen molar-refractivity contribution in [3.63, 3.8) is 0 Å². The SMILES string of the molecule is Cc1c(Cl)nc2ncnn2c1NCc1ncc[nH]1. The molecule has 0 unspecified atom stereocenters. The van der Waals surface area contributed by atoms with Crippen molar-refractivity contribution in [3.05, 3.63) is 35.3 Å². The van der Waals surface area contributed by atoms with E-state index in [1.54, 1.807) is 16.9 Å². The zero-order chi connectivity index (χ0) is 12.5. The van der Waals surface area contributed by atoms with Gasteiger partial charge in [0.25, 0.3) is 5.78 Å². The molecule has 0 aliphatic carbocycles. The summed E-state index contributed by atoms with van der Waals surface area (Å²) in [4.78, 5) is 15.3. The standard InChI is InChI=1S/C10H10ClN7/c1-6-8(11)17-10-15-5-16-18(10)9(6)14-4-7-12-2-3-13-7/h2-3,5,14H,4H2,1H3,(H,12,13). The van der Waals surface area contributed by atoms with Crippen LogP contribution in [-0.2, 0) is 6.54 Å². The summed E-state index contributed by atoms with van der Waals surface area (Å²) in [5, 5.41) is 7.75. The minimum Gasteiger partial charge on any atom is -0.362 e. The molecule has 0 saturated heterocycles. The van der Waals surface area contributed by atoms with Crippen molar-refractivity contribution in [1.82, 2.24) is 29.5 Å². The molecule has 0 aliphatic heterocycles. The number of hydrogen-bond acceptors (Lipinski definition) is 5. The van der Waals surface area contributed by atoms with Gasteiger partial charge in [-0.2, -0.15) is 19.6 Å². The first-order valence-corrected chi connectivity index (χ1v) is 5.71. The van der Waals surface area contributed by atoms with Crippen molar-refractivity contribution < 1.29 is 0 Å². The minimum atomic E-state index is 0.414. The van der Waals surface area contributed by atoms with Crippen molar-refractivity contribution in [1.29, 1.82) is 0 Å². The number of hydrogen-bond donors (Lipinski definition) is 2. The number of fused-ring (bicyclic) bond motifs is 1. The molecule has 0 amide bonds. The van der Waals surface area contributed by atoms with E-state index in [1.165, 1.54) is 6.33 Å². The Hall–Kier alpha value is -2.15. The first-order chi connectivity index (χ1) is 8.75. The molecular formula is C10H10ClN7. The van der Waals surface area contributed by atoms with Gasteiger partial charge >= 0.3 is 0 Å². The van der Waals surface area contributed by atoms with Crippen LogP contribution < -0.4 is 5.32 Å². The van der Waals surface area contributed by atoms with Gasteiger partial charge in [-0.3, -0.25) is 0 Å². The van der Waals surface area contributed by atoms with E-state index in [2.05, 4.69) is 30.4 Å². The second-order valence-corrected chi connectivity index (χ2v) is 4.10. The molecule has 0 bridgehead atoms. The molecule has 18 heavy (non-hydrogen) atoms. The van der Waals surface area contributed by atoms with Gasteiger partial charge in [0.1, 0.15) is 23.1 Å². The molecule has 3 heterocycles. The van der Waals surface area contributed by atoms with E-state index >= 15 is 0 Å². The molecule has 7 nitrogen and oxygen atoms in total. The third-order valence-electron chi connectivity index (χ3n) is 2.58. The lowest BCUT2D eigenvalue weighted by Gasteiger charge is -2.10. The fourth-order valence-corrected chi connectivity index (χ4v) is 1.83. The Labute approximate surface area is 107 Å². The molecule has 0 aliphatic rings. The molecule has 0 fully saturated rings. The molecular weight excluding hydrogens is 254 g/mol. The number of H-pyrrole nitrogens is 1. The van der Waals surface area contributed by atoms with Crippen LogP contribution in [0.4, 0.5) is 5.82 Å². The summed E-state index contributed by atoms with van der Waals surface area (Å²) in [5.41, 5.74) is 0.821. The van der Waals surface area contributed by atoms with Crippen molar-refractivity contribution in [2.45, 2.75) is 13.5 Å². The van der Waals surface area contributed by atoms with E-state index in [1.807, 2.05) is 6.92 Å². The van der Waals surface area contributed by atoms with Crippen molar-refractivity contribution in [3.8, 4) is 0 Å². The average Bonchev–Trinajstić information content (AvgIpc) is 3.00. The summed E-state index contributed by atoms with van der Waals surface area (Å²) in [7, 11) is 0. The van der Waals surface area contributed by atoms with Crippen LogP contribution in [-0.4, -0.2) is 29.5 Å². The Morgan fingerprint density at radius 1 is 1.44 bits per heavy atom. The zero-order valence-corrected chi connectivity index (χ0v) is 10.3. The van der Waals surface area contributed by atoms with Gasteiger partial charge in [0, 0.05) is 18.0 Å². The normalized spacial score (nSPS) is 11.0. The van der Waals surface area contributed by atoms with Crippen molar-refractivity contribution >= 4 is 23.2 Å². The maximum Gasteiger partial charge on any atom is 0.255 e. The Morgan fingerprint density at radius 3 is 3.11 bits per heavy atom. The summed E-state index contributed by atoms with van der Waals surface area (Å²) >= 11 is 6.05. The Balaban J connectivity index is 1.99. The lowest BCUT2D eigenvalue weighted by molar-refractivity contribution is 0.898. The Morgan fingerprint density at radius 2 is 2.33 bits per heavy atom. The smallest absolute Gasteiger partial charge is 0.255 e. The van der Waals surface area contributed by atoms with Crippen molar-refractivity contribution in [2.75, 3.05) is 5.32 Å². The second-order valence-electron chi connectivity index (χ2n) is 3.74. The lowest BCUT2D eigenvalue weighted by atomic mass is 10.3. The number of imidazole rings is 1. The quantitative estimate of drug-likeness (QED) is 0.698. The van der Waals surface area contributed by atoms with Crippen LogP contribution in [0, 0.1) is 6.92 Å². The van der Waals surface area contributed by atoms with Crippen LogP contribution in [0.15, 0.2) is 18.7 Å². The maximum atomic E-state index is 6.05. The van der Waals surface area contributed by atoms with E-state index in [0.29, 0.717) is 17.5 Å². The van der Waals surface area contributed by atoms with Gasteiger partial charge in [0.2, 0.25) is 0 Å². The molecule has 0 atom stereocenters. The first-order valence-electron chi connectivity index (χ1n) is 5.33. The van der Waals surface area contributed by atoms with Crippen LogP contribution in [0.3, 0.4) is 0 Å². The molecule has 0 aromatic carbocycles. The fourth-order valence-electron chi connectivity index (χ4n) is 1.67. The summed E-state index contributed by atoms with van der Waals surface area (Å²) in [5.74, 6) is 2.06. The minimum absolute atomic E-state index is 0.414. The molecule has 2 N–H and O–H groups in total. The maximum absolute atomic E-state index is 6.05. The summed E-state index contributed by atoms with van der Waals surface area (Å²) < 4.78 is 1.62. The van der Waals surface area contributed by atoms with E-state index in [-0.39, 0.29) is 0 Å². The monoisotopic (exact) mass is 263 g/mol. The van der Waals surface area contributed by atoms with Gasteiger partial charge in [0.15, 0.2) is 0 Å². The number of nitrogens with zero attached hydrogens (tertiary/aromatic N) is 5. The second kappa shape index (κ2) is 4.26. The molecule has 0 radical (unpaired) electrons. The van der Waals surface area contributed by atoms with E-state index in [9.17, 15) is 0 Å². The van der Waals surface area contributed by atoms with Crippen LogP contribution in [0.1, 0.15) is 11.4 Å². The highest BCUT2D eigenvalue weighted by Gasteiger charge is 2.11. The van der Waals surface area contributed by atoms with Crippen LogP contribution >= 0.6 is 11.6 Å². The molecule has 3 aromatic rings. The Kier molecular flexibility index (Phi) is 2.60. The third-order valence-corrected chi connectivity index (χ3v) is 2.95. The predicted molar refractivity (Wildman–Crippen MR) is 66.4 cm³/mol. The van der Waals surface area contributed by atoms with E-state index < -0.39 is 0 Å². The molecule has 0 saturated carbocycles. The number of anilines is 1. The molecule has 3 rings (SSSR count). The van der Waals surface area contributed by atoms with Gasteiger partial charge in [-0.1, -0.05) is 11.6 Å². The van der Waals surface area contributed by atoms with Crippen molar-refractivity contribution in [2.24, 2.45) is 0 Å². The first kappa shape index (κ1) is 11.0. The number of rotatable bonds is 3. The molecule has 92 valence electrons. The predicted octanol–water partition coefficient (Wildman–Crippen LogP) is 1.42.